The highest BCUT2D eigenvalue weighted by atomic mass is 35.5. The van der Waals surface area contributed by atoms with Crippen molar-refractivity contribution >= 4 is 50.3 Å². The third-order valence-corrected chi connectivity index (χ3v) is 8.77. The van der Waals surface area contributed by atoms with E-state index < -0.39 is 21.8 Å². The molecule has 1 aliphatic heterocycles. The number of carbonyl (C=O) groups excluding carboxylic acids is 1. The number of hydrogen-bond acceptors (Lipinski definition) is 5. The van der Waals surface area contributed by atoms with E-state index in [1.165, 1.54) is 33.8 Å². The van der Waals surface area contributed by atoms with Crippen LogP contribution in [0, 0.1) is 5.82 Å². The van der Waals surface area contributed by atoms with Crippen molar-refractivity contribution in [2.24, 2.45) is 0 Å². The molecule has 1 unspecified atom stereocenters. The molecule has 12 heteroatoms. The Hall–Kier alpha value is -2.28. The standard InChI is InChI=1S/C21H23ClFN5O3S2/c1-27-18(21(30)25-14-3-4-16(23)15(22)9-14)10-17(26-33(27,2)31)20-6-5-19(32-20)13-11-24-28(12-13)7-8-29/h3-6,9,11-12,17-18,29H,2,7-8,10H2,1H3,(H,25,30)(H,26,31)/t17-,18+,33?/m1/s1. The highest BCUT2D eigenvalue weighted by Gasteiger charge is 2.38. The Morgan fingerprint density at radius 2 is 2.24 bits per heavy atom. The van der Waals surface area contributed by atoms with Gasteiger partial charge in [-0.1, -0.05) is 11.6 Å². The van der Waals surface area contributed by atoms with E-state index in [9.17, 15) is 13.4 Å². The molecule has 0 spiro atoms. The topological polar surface area (TPSA) is 99.5 Å². The first kappa shape index (κ1) is 23.9. The molecule has 0 aliphatic carbocycles. The SMILES string of the molecule is C=S1(=O)N[C@@H](c2ccc(-c3cnn(CCO)c3)s2)C[C@@H](C(=O)Nc2ccc(F)c(Cl)c2)N1C. The van der Waals surface area contributed by atoms with E-state index in [0.29, 0.717) is 18.7 Å². The van der Waals surface area contributed by atoms with Gasteiger partial charge in [-0.3, -0.25) is 9.48 Å². The van der Waals surface area contributed by atoms with Crippen LogP contribution < -0.4 is 10.0 Å². The molecule has 176 valence electrons. The van der Waals surface area contributed by atoms with Crippen LogP contribution in [0.3, 0.4) is 0 Å². The molecule has 3 atom stereocenters. The summed E-state index contributed by atoms with van der Waals surface area (Å²) in [4.78, 5) is 14.9. The molecule has 4 rings (SSSR count). The zero-order chi connectivity index (χ0) is 23.8. The third-order valence-electron chi connectivity index (χ3n) is 5.40. The van der Waals surface area contributed by atoms with Crippen LogP contribution in [0.2, 0.25) is 5.02 Å². The van der Waals surface area contributed by atoms with Crippen LogP contribution in [0.15, 0.2) is 42.7 Å². The molecule has 2 aromatic heterocycles. The summed E-state index contributed by atoms with van der Waals surface area (Å²) in [5.41, 5.74) is 1.26. The zero-order valence-corrected chi connectivity index (χ0v) is 20.1. The zero-order valence-electron chi connectivity index (χ0n) is 17.7. The van der Waals surface area contributed by atoms with Gasteiger partial charge in [-0.05, 0) is 42.6 Å². The van der Waals surface area contributed by atoms with Gasteiger partial charge in [-0.25, -0.2) is 17.6 Å². The van der Waals surface area contributed by atoms with E-state index in [0.717, 1.165) is 15.3 Å². The summed E-state index contributed by atoms with van der Waals surface area (Å²) in [6, 6.07) is 6.71. The predicted octanol–water partition coefficient (Wildman–Crippen LogP) is 2.92. The highest BCUT2D eigenvalue weighted by molar-refractivity contribution is 7.96. The van der Waals surface area contributed by atoms with Gasteiger partial charge in [-0.2, -0.15) is 5.10 Å². The molecule has 8 nitrogen and oxygen atoms in total. The lowest BCUT2D eigenvalue weighted by molar-refractivity contribution is -0.120. The molecule has 3 aromatic rings. The van der Waals surface area contributed by atoms with Gasteiger partial charge in [0.05, 0.1) is 40.3 Å². The molecular formula is C21H23ClFN5O3S2. The summed E-state index contributed by atoms with van der Waals surface area (Å²) in [7, 11) is -1.34. The molecule has 0 radical (unpaired) electrons. The predicted molar refractivity (Wildman–Crippen MR) is 130 cm³/mol. The second-order valence-corrected chi connectivity index (χ2v) is 11.3. The fraction of sp³-hybridized carbons (Fsp3) is 0.286. The Morgan fingerprint density at radius 3 is 2.97 bits per heavy atom. The van der Waals surface area contributed by atoms with Crippen LogP contribution in [0.4, 0.5) is 10.1 Å². The average molecular weight is 512 g/mol. The molecule has 1 aromatic carbocycles. The number of amides is 1. The second-order valence-electron chi connectivity index (χ2n) is 7.64. The number of nitrogens with one attached hydrogen (secondary N) is 2. The first-order valence-electron chi connectivity index (χ1n) is 10.0. The lowest BCUT2D eigenvalue weighted by Gasteiger charge is -2.39. The molecule has 1 saturated heterocycles. The summed E-state index contributed by atoms with van der Waals surface area (Å²) in [6.45, 7) is 0.413. The van der Waals surface area contributed by atoms with Gasteiger partial charge in [0.1, 0.15) is 11.9 Å². The van der Waals surface area contributed by atoms with Crippen LogP contribution in [0.5, 0.6) is 0 Å². The third kappa shape index (κ3) is 5.13. The van der Waals surface area contributed by atoms with Crippen molar-refractivity contribution in [3.05, 3.63) is 58.4 Å². The number of thiophene rings is 1. The molecular weight excluding hydrogens is 489 g/mol. The van der Waals surface area contributed by atoms with Crippen molar-refractivity contribution in [3.8, 4) is 10.4 Å². The molecule has 3 heterocycles. The smallest absolute Gasteiger partial charge is 0.242 e. The van der Waals surface area contributed by atoms with Crippen LogP contribution in [0.1, 0.15) is 17.3 Å². The monoisotopic (exact) mass is 511 g/mol. The Bertz CT molecular complexity index is 1280. The van der Waals surface area contributed by atoms with Crippen molar-refractivity contribution in [2.45, 2.75) is 25.0 Å². The van der Waals surface area contributed by atoms with E-state index in [2.05, 4.69) is 21.0 Å². The van der Waals surface area contributed by atoms with Crippen LogP contribution in [-0.2, 0) is 21.2 Å². The number of hydrogen-bond donors (Lipinski definition) is 3. The summed E-state index contributed by atoms with van der Waals surface area (Å²) >= 11 is 7.32. The first-order valence-corrected chi connectivity index (χ1v) is 12.9. The lowest BCUT2D eigenvalue weighted by atomic mass is 10.1. The van der Waals surface area contributed by atoms with Gasteiger partial charge in [0.2, 0.25) is 5.91 Å². The molecule has 1 amide bonds. The van der Waals surface area contributed by atoms with Gasteiger partial charge in [-0.15, -0.1) is 11.3 Å². The van der Waals surface area contributed by atoms with Crippen molar-refractivity contribution in [1.82, 2.24) is 18.8 Å². The molecule has 0 saturated carbocycles. The maximum atomic E-state index is 13.4. The molecule has 0 bridgehead atoms. The summed E-state index contributed by atoms with van der Waals surface area (Å²) in [6.07, 6.45) is 3.93. The summed E-state index contributed by atoms with van der Waals surface area (Å²) < 4.78 is 32.7. The van der Waals surface area contributed by atoms with Crippen LogP contribution in [-0.4, -0.2) is 54.9 Å². The Balaban J connectivity index is 1.54. The summed E-state index contributed by atoms with van der Waals surface area (Å²) in [5, 5.41) is 15.9. The maximum Gasteiger partial charge on any atom is 0.242 e. The number of halogens is 2. The molecule has 33 heavy (non-hydrogen) atoms. The Kier molecular flexibility index (Phi) is 6.89. The average Bonchev–Trinajstić information content (AvgIpc) is 3.42. The quantitative estimate of drug-likeness (QED) is 0.443. The minimum atomic E-state index is -2.92. The van der Waals surface area contributed by atoms with Gasteiger partial charge in [0.15, 0.2) is 0 Å². The fourth-order valence-electron chi connectivity index (χ4n) is 3.59. The number of carbonyl (C=O) groups is 1. The van der Waals surface area contributed by atoms with Crippen molar-refractivity contribution in [2.75, 3.05) is 19.0 Å². The van der Waals surface area contributed by atoms with Crippen molar-refractivity contribution in [3.63, 3.8) is 0 Å². The first-order chi connectivity index (χ1) is 15.7. The summed E-state index contributed by atoms with van der Waals surface area (Å²) in [5.74, 6) is 2.84. The highest BCUT2D eigenvalue weighted by Crippen LogP contribution is 2.36. The molecule has 3 N–H and O–H groups in total. The second kappa shape index (κ2) is 9.53. The van der Waals surface area contributed by atoms with Gasteiger partial charge >= 0.3 is 0 Å². The number of aromatic nitrogens is 2. The number of aliphatic hydroxyl groups excluding tert-OH is 1. The van der Waals surface area contributed by atoms with E-state index in [-0.39, 0.29) is 23.6 Å². The number of nitrogens with zero attached hydrogens (tertiary/aromatic N) is 3. The number of benzene rings is 1. The van der Waals surface area contributed by atoms with Gasteiger partial charge in [0, 0.05) is 34.2 Å². The lowest BCUT2D eigenvalue weighted by Crippen LogP contribution is -2.55. The largest absolute Gasteiger partial charge is 0.394 e. The van der Waals surface area contributed by atoms with E-state index in [1.54, 1.807) is 17.9 Å². The Morgan fingerprint density at radius 1 is 1.45 bits per heavy atom. The fourth-order valence-corrected chi connectivity index (χ4v) is 6.32. The maximum absolute atomic E-state index is 13.4. The van der Waals surface area contributed by atoms with Gasteiger partial charge in [0.25, 0.3) is 0 Å². The van der Waals surface area contributed by atoms with E-state index in [4.69, 9.17) is 16.7 Å². The number of anilines is 1. The normalized spacial score (nSPS) is 23.5. The minimum Gasteiger partial charge on any atom is -0.394 e. The van der Waals surface area contributed by atoms with Gasteiger partial charge < -0.3 is 10.4 Å². The number of rotatable bonds is 6. The number of aliphatic hydroxyl groups is 1. The number of likely N-dealkylation sites (N-methyl/N-ethyl adjacent to an activating group) is 1. The van der Waals surface area contributed by atoms with E-state index in [1.807, 2.05) is 18.3 Å². The van der Waals surface area contributed by atoms with Crippen LogP contribution in [0.25, 0.3) is 10.4 Å². The molecule has 1 fully saturated rings. The molecule has 1 aliphatic rings. The Labute approximate surface area is 200 Å². The van der Waals surface area contributed by atoms with E-state index >= 15 is 0 Å². The minimum absolute atomic E-state index is 0.00175. The van der Waals surface area contributed by atoms with Crippen LogP contribution >= 0.6 is 22.9 Å². The van der Waals surface area contributed by atoms with Crippen molar-refractivity contribution in [1.29, 1.82) is 0 Å². The van der Waals surface area contributed by atoms with Crippen molar-refractivity contribution < 1.29 is 18.5 Å².